The number of carbonyl (C=O) groups excluding carboxylic acids is 2. The average molecular weight is 404 g/mol. The summed E-state index contributed by atoms with van der Waals surface area (Å²) in [4.78, 5) is 25.2. The number of hydrogen-bond acceptors (Lipinski definition) is 4. The molecule has 0 heterocycles. The van der Waals surface area contributed by atoms with Gasteiger partial charge in [-0.1, -0.05) is 18.2 Å². The summed E-state index contributed by atoms with van der Waals surface area (Å²) in [5, 5.41) is 5.60. The molecule has 28 heavy (non-hydrogen) atoms. The standard InChI is InChI=1S/C20H25N3O4S/c1-20(2,3)22-19(25)16-11-6-7-12-17(16)21-18(24)14-9-8-10-15(13-14)23(4)28(5,26)27/h6-13H,1-5H3,(H,21,24)(H,22,25). The molecule has 0 aliphatic carbocycles. The molecule has 0 unspecified atom stereocenters. The average Bonchev–Trinajstić information content (AvgIpc) is 2.59. The van der Waals surface area contributed by atoms with Crippen molar-refractivity contribution in [2.24, 2.45) is 0 Å². The molecule has 0 spiro atoms. The smallest absolute Gasteiger partial charge is 0.255 e. The summed E-state index contributed by atoms with van der Waals surface area (Å²) in [6.07, 6.45) is 1.09. The lowest BCUT2D eigenvalue weighted by Gasteiger charge is -2.21. The number of anilines is 2. The summed E-state index contributed by atoms with van der Waals surface area (Å²) in [5.74, 6) is -0.742. The van der Waals surface area contributed by atoms with Gasteiger partial charge in [-0.2, -0.15) is 0 Å². The van der Waals surface area contributed by atoms with E-state index in [0.717, 1.165) is 10.6 Å². The Morgan fingerprint density at radius 2 is 1.61 bits per heavy atom. The Morgan fingerprint density at radius 1 is 0.964 bits per heavy atom. The van der Waals surface area contributed by atoms with Gasteiger partial charge >= 0.3 is 0 Å². The second-order valence-electron chi connectivity index (χ2n) is 7.48. The van der Waals surface area contributed by atoms with Crippen LogP contribution >= 0.6 is 0 Å². The fourth-order valence-corrected chi connectivity index (χ4v) is 2.92. The van der Waals surface area contributed by atoms with Crippen LogP contribution in [0.2, 0.25) is 0 Å². The molecule has 2 aromatic carbocycles. The van der Waals surface area contributed by atoms with Gasteiger partial charge in [-0.05, 0) is 51.1 Å². The maximum atomic E-state index is 12.7. The van der Waals surface area contributed by atoms with Gasteiger partial charge < -0.3 is 10.6 Å². The Hall–Kier alpha value is -2.87. The van der Waals surface area contributed by atoms with E-state index >= 15 is 0 Å². The van der Waals surface area contributed by atoms with E-state index in [0.29, 0.717) is 16.9 Å². The zero-order valence-corrected chi connectivity index (χ0v) is 17.4. The van der Waals surface area contributed by atoms with E-state index in [1.807, 2.05) is 20.8 Å². The van der Waals surface area contributed by atoms with Crippen LogP contribution in [0.25, 0.3) is 0 Å². The maximum absolute atomic E-state index is 12.7. The highest BCUT2D eigenvalue weighted by molar-refractivity contribution is 7.92. The quantitative estimate of drug-likeness (QED) is 0.802. The highest BCUT2D eigenvalue weighted by Crippen LogP contribution is 2.20. The molecular formula is C20H25N3O4S. The zero-order valence-electron chi connectivity index (χ0n) is 16.6. The third-order valence-corrected chi connectivity index (χ3v) is 5.08. The third-order valence-electron chi connectivity index (χ3n) is 3.88. The van der Waals surface area contributed by atoms with E-state index in [2.05, 4.69) is 10.6 Å². The van der Waals surface area contributed by atoms with Crippen LogP contribution in [0.15, 0.2) is 48.5 Å². The minimum Gasteiger partial charge on any atom is -0.347 e. The Bertz CT molecular complexity index is 995. The minimum atomic E-state index is -3.44. The van der Waals surface area contributed by atoms with Gasteiger partial charge in [0.15, 0.2) is 0 Å². The van der Waals surface area contributed by atoms with Gasteiger partial charge in [-0.15, -0.1) is 0 Å². The predicted molar refractivity (Wildman–Crippen MR) is 111 cm³/mol. The van der Waals surface area contributed by atoms with Crippen molar-refractivity contribution >= 4 is 33.2 Å². The number of amides is 2. The summed E-state index contributed by atoms with van der Waals surface area (Å²) in [7, 11) is -2.03. The van der Waals surface area contributed by atoms with Crippen LogP contribution < -0.4 is 14.9 Å². The molecule has 0 fully saturated rings. The molecule has 2 aromatic rings. The number of carbonyl (C=O) groups is 2. The van der Waals surface area contributed by atoms with Crippen molar-refractivity contribution in [3.05, 3.63) is 59.7 Å². The van der Waals surface area contributed by atoms with Crippen molar-refractivity contribution < 1.29 is 18.0 Å². The lowest BCUT2D eigenvalue weighted by atomic mass is 10.1. The molecule has 2 amide bonds. The first kappa shape index (κ1) is 21.4. The van der Waals surface area contributed by atoms with Gasteiger partial charge in [0.1, 0.15) is 0 Å². The second kappa shape index (κ2) is 8.02. The molecule has 0 aromatic heterocycles. The molecule has 2 rings (SSSR count). The molecule has 150 valence electrons. The van der Waals surface area contributed by atoms with Crippen LogP contribution in [-0.2, 0) is 10.0 Å². The van der Waals surface area contributed by atoms with Crippen LogP contribution in [0, 0.1) is 0 Å². The lowest BCUT2D eigenvalue weighted by molar-refractivity contribution is 0.0920. The molecule has 0 bridgehead atoms. The van der Waals surface area contributed by atoms with Crippen LogP contribution in [0.4, 0.5) is 11.4 Å². The van der Waals surface area contributed by atoms with Gasteiger partial charge in [0, 0.05) is 18.2 Å². The first-order chi connectivity index (χ1) is 12.9. The molecule has 0 saturated heterocycles. The zero-order chi connectivity index (χ0) is 21.1. The van der Waals surface area contributed by atoms with E-state index in [9.17, 15) is 18.0 Å². The first-order valence-corrected chi connectivity index (χ1v) is 10.5. The number of sulfonamides is 1. The molecular weight excluding hydrogens is 378 g/mol. The fourth-order valence-electron chi connectivity index (χ4n) is 2.43. The van der Waals surface area contributed by atoms with Crippen molar-refractivity contribution in [3.63, 3.8) is 0 Å². The number of nitrogens with one attached hydrogen (secondary N) is 2. The summed E-state index contributed by atoms with van der Waals surface area (Å²) in [6.45, 7) is 5.61. The second-order valence-corrected chi connectivity index (χ2v) is 9.50. The number of benzene rings is 2. The molecule has 8 heteroatoms. The Labute approximate surface area is 165 Å². The maximum Gasteiger partial charge on any atom is 0.255 e. The van der Waals surface area contributed by atoms with Crippen molar-refractivity contribution in [2.45, 2.75) is 26.3 Å². The molecule has 0 radical (unpaired) electrons. The van der Waals surface area contributed by atoms with Crippen LogP contribution in [-0.4, -0.2) is 39.1 Å². The SMILES string of the molecule is CN(c1cccc(C(=O)Nc2ccccc2C(=O)NC(C)(C)C)c1)S(C)(=O)=O. The highest BCUT2D eigenvalue weighted by atomic mass is 32.2. The number of hydrogen-bond donors (Lipinski definition) is 2. The Balaban J connectivity index is 2.28. The molecule has 7 nitrogen and oxygen atoms in total. The van der Waals surface area contributed by atoms with Gasteiger partial charge in [0.2, 0.25) is 10.0 Å². The van der Waals surface area contributed by atoms with Crippen LogP contribution in [0.3, 0.4) is 0 Å². The van der Waals surface area contributed by atoms with E-state index in [4.69, 9.17) is 0 Å². The van der Waals surface area contributed by atoms with E-state index in [1.54, 1.807) is 42.5 Å². The molecule has 0 aliphatic rings. The normalized spacial score (nSPS) is 11.6. The van der Waals surface area contributed by atoms with Gasteiger partial charge in [0.05, 0.1) is 23.2 Å². The number of para-hydroxylation sites is 1. The summed E-state index contributed by atoms with van der Waals surface area (Å²) in [5.41, 5.74) is 0.943. The van der Waals surface area contributed by atoms with E-state index < -0.39 is 21.5 Å². The van der Waals surface area contributed by atoms with Crippen molar-refractivity contribution in [1.82, 2.24) is 5.32 Å². The number of nitrogens with zero attached hydrogens (tertiary/aromatic N) is 1. The molecule has 0 saturated carbocycles. The summed E-state index contributed by atoms with van der Waals surface area (Å²) in [6, 6.07) is 13.0. The molecule has 0 atom stereocenters. The molecule has 2 N–H and O–H groups in total. The summed E-state index contributed by atoms with van der Waals surface area (Å²) >= 11 is 0. The van der Waals surface area contributed by atoms with Crippen LogP contribution in [0.5, 0.6) is 0 Å². The first-order valence-electron chi connectivity index (χ1n) is 8.65. The number of rotatable bonds is 5. The van der Waals surface area contributed by atoms with Crippen LogP contribution in [0.1, 0.15) is 41.5 Å². The van der Waals surface area contributed by atoms with Gasteiger partial charge in [0.25, 0.3) is 11.8 Å². The lowest BCUT2D eigenvalue weighted by Crippen LogP contribution is -2.40. The van der Waals surface area contributed by atoms with E-state index in [-0.39, 0.29) is 11.5 Å². The van der Waals surface area contributed by atoms with Crippen molar-refractivity contribution in [2.75, 3.05) is 22.9 Å². The summed E-state index contributed by atoms with van der Waals surface area (Å²) < 4.78 is 24.5. The van der Waals surface area contributed by atoms with Gasteiger partial charge in [-0.25, -0.2) is 8.42 Å². The Kier molecular flexibility index (Phi) is 6.14. The van der Waals surface area contributed by atoms with Crippen molar-refractivity contribution in [1.29, 1.82) is 0 Å². The van der Waals surface area contributed by atoms with Crippen molar-refractivity contribution in [3.8, 4) is 0 Å². The topological polar surface area (TPSA) is 95.6 Å². The monoisotopic (exact) mass is 403 g/mol. The Morgan fingerprint density at radius 3 is 2.21 bits per heavy atom. The van der Waals surface area contributed by atoms with E-state index in [1.165, 1.54) is 13.1 Å². The third kappa shape index (κ3) is 5.56. The predicted octanol–water partition coefficient (Wildman–Crippen LogP) is 2.86. The fraction of sp³-hybridized carbons (Fsp3) is 0.300. The minimum absolute atomic E-state index is 0.277. The largest absolute Gasteiger partial charge is 0.347 e. The molecule has 0 aliphatic heterocycles. The van der Waals surface area contributed by atoms with Gasteiger partial charge in [-0.3, -0.25) is 13.9 Å². The highest BCUT2D eigenvalue weighted by Gasteiger charge is 2.19.